The van der Waals surface area contributed by atoms with Gasteiger partial charge in [0, 0.05) is 19.5 Å². The quantitative estimate of drug-likeness (QED) is 0.306. The van der Waals surface area contributed by atoms with E-state index in [-0.39, 0.29) is 24.0 Å². The average Bonchev–Trinajstić information content (AvgIpc) is 3.12. The third-order valence-corrected chi connectivity index (χ3v) is 3.10. The van der Waals surface area contributed by atoms with Gasteiger partial charge in [0.25, 0.3) is 0 Å². The Morgan fingerprint density at radius 2 is 2.22 bits per heavy atom. The van der Waals surface area contributed by atoms with Gasteiger partial charge in [0.2, 0.25) is 5.89 Å². The minimum Gasteiger partial charge on any atom is -0.469 e. The SMILES string of the molecule is C=CCNC(=NCc1nc(C)c(C)o1)NCCc1ccco1.I. The number of aryl methyl sites for hydroxylation is 2. The summed E-state index contributed by atoms with van der Waals surface area (Å²) in [5.74, 6) is 3.08. The molecule has 0 atom stereocenters. The molecule has 2 N–H and O–H groups in total. The van der Waals surface area contributed by atoms with Crippen molar-refractivity contribution in [1.29, 1.82) is 0 Å². The highest BCUT2D eigenvalue weighted by Gasteiger charge is 2.05. The van der Waals surface area contributed by atoms with Gasteiger partial charge in [0.1, 0.15) is 18.1 Å². The predicted molar refractivity (Wildman–Crippen MR) is 101 cm³/mol. The summed E-state index contributed by atoms with van der Waals surface area (Å²) in [7, 11) is 0. The standard InChI is InChI=1S/C16H22N4O2.HI/c1-4-8-17-16(18-9-7-14-6-5-10-21-14)19-11-15-20-12(2)13(3)22-15;/h4-6,10H,1,7-9,11H2,2-3H3,(H2,17,18,19);1H. The van der Waals surface area contributed by atoms with Gasteiger partial charge in [0.15, 0.2) is 5.96 Å². The first-order valence-corrected chi connectivity index (χ1v) is 7.27. The van der Waals surface area contributed by atoms with Crippen LogP contribution in [0.2, 0.25) is 0 Å². The summed E-state index contributed by atoms with van der Waals surface area (Å²) in [6.07, 6.45) is 4.25. The van der Waals surface area contributed by atoms with Gasteiger partial charge in [-0.2, -0.15) is 0 Å². The van der Waals surface area contributed by atoms with E-state index in [1.54, 1.807) is 12.3 Å². The number of nitrogens with zero attached hydrogens (tertiary/aromatic N) is 2. The van der Waals surface area contributed by atoms with Crippen molar-refractivity contribution in [3.8, 4) is 0 Å². The van der Waals surface area contributed by atoms with Crippen molar-refractivity contribution in [2.45, 2.75) is 26.8 Å². The van der Waals surface area contributed by atoms with Crippen molar-refractivity contribution in [3.63, 3.8) is 0 Å². The summed E-state index contributed by atoms with van der Waals surface area (Å²) in [5.41, 5.74) is 0.900. The van der Waals surface area contributed by atoms with E-state index >= 15 is 0 Å². The maximum absolute atomic E-state index is 5.52. The van der Waals surface area contributed by atoms with Crippen LogP contribution in [0, 0.1) is 13.8 Å². The molecule has 0 saturated carbocycles. The molecule has 0 radical (unpaired) electrons. The number of oxazole rings is 1. The molecule has 6 nitrogen and oxygen atoms in total. The molecule has 0 bridgehead atoms. The molecule has 0 aliphatic rings. The van der Waals surface area contributed by atoms with Gasteiger partial charge in [-0.1, -0.05) is 6.08 Å². The molecule has 0 unspecified atom stereocenters. The van der Waals surface area contributed by atoms with Crippen LogP contribution in [0.3, 0.4) is 0 Å². The van der Waals surface area contributed by atoms with Crippen molar-refractivity contribution >= 4 is 29.9 Å². The van der Waals surface area contributed by atoms with Gasteiger partial charge in [0.05, 0.1) is 12.0 Å². The molecule has 0 saturated heterocycles. The number of furan rings is 1. The van der Waals surface area contributed by atoms with Crippen LogP contribution >= 0.6 is 24.0 Å². The summed E-state index contributed by atoms with van der Waals surface area (Å²) in [6, 6.07) is 3.83. The van der Waals surface area contributed by atoms with E-state index in [2.05, 4.69) is 27.2 Å². The maximum atomic E-state index is 5.52. The summed E-state index contributed by atoms with van der Waals surface area (Å²) >= 11 is 0. The second-order valence-electron chi connectivity index (χ2n) is 4.84. The van der Waals surface area contributed by atoms with Crippen molar-refractivity contribution < 1.29 is 8.83 Å². The Morgan fingerprint density at radius 3 is 2.83 bits per heavy atom. The van der Waals surface area contributed by atoms with E-state index in [1.165, 1.54) is 0 Å². The van der Waals surface area contributed by atoms with Crippen LogP contribution in [0.25, 0.3) is 0 Å². The lowest BCUT2D eigenvalue weighted by molar-refractivity contribution is 0.472. The fraction of sp³-hybridized carbons (Fsp3) is 0.375. The van der Waals surface area contributed by atoms with Gasteiger partial charge in [-0.15, -0.1) is 30.6 Å². The Balaban J connectivity index is 0.00000264. The zero-order valence-electron chi connectivity index (χ0n) is 13.5. The molecule has 0 aromatic carbocycles. The minimum atomic E-state index is 0. The van der Waals surface area contributed by atoms with E-state index < -0.39 is 0 Å². The molecule has 2 heterocycles. The molecule has 126 valence electrons. The Morgan fingerprint density at radius 1 is 1.39 bits per heavy atom. The second kappa shape index (κ2) is 10.1. The number of aromatic nitrogens is 1. The Labute approximate surface area is 153 Å². The summed E-state index contributed by atoms with van der Waals surface area (Å²) in [5, 5.41) is 6.41. The fourth-order valence-electron chi connectivity index (χ4n) is 1.86. The van der Waals surface area contributed by atoms with E-state index in [0.717, 1.165) is 30.2 Å². The number of halogens is 1. The maximum Gasteiger partial charge on any atom is 0.216 e. The lowest BCUT2D eigenvalue weighted by atomic mass is 10.3. The molecule has 0 aliphatic heterocycles. The molecule has 0 spiro atoms. The normalized spacial score (nSPS) is 11.0. The minimum absolute atomic E-state index is 0. The zero-order chi connectivity index (χ0) is 15.8. The highest BCUT2D eigenvalue weighted by molar-refractivity contribution is 14.0. The third-order valence-electron chi connectivity index (χ3n) is 3.10. The molecule has 23 heavy (non-hydrogen) atoms. The number of nitrogens with one attached hydrogen (secondary N) is 2. The van der Waals surface area contributed by atoms with E-state index in [0.29, 0.717) is 24.9 Å². The first kappa shape index (κ1) is 19.3. The fourth-order valence-corrected chi connectivity index (χ4v) is 1.86. The molecule has 7 heteroatoms. The van der Waals surface area contributed by atoms with E-state index in [1.807, 2.05) is 26.0 Å². The van der Waals surface area contributed by atoms with Crippen LogP contribution in [0.1, 0.15) is 23.1 Å². The van der Waals surface area contributed by atoms with Crippen molar-refractivity contribution in [2.24, 2.45) is 4.99 Å². The summed E-state index contributed by atoms with van der Waals surface area (Å²) < 4.78 is 10.8. The van der Waals surface area contributed by atoms with E-state index in [4.69, 9.17) is 8.83 Å². The lowest BCUT2D eigenvalue weighted by Crippen LogP contribution is -2.38. The topological polar surface area (TPSA) is 75.6 Å². The molecule has 2 rings (SSSR count). The summed E-state index contributed by atoms with van der Waals surface area (Å²) in [4.78, 5) is 8.78. The predicted octanol–water partition coefficient (Wildman–Crippen LogP) is 2.97. The number of hydrogen-bond acceptors (Lipinski definition) is 4. The molecule has 0 aliphatic carbocycles. The van der Waals surface area contributed by atoms with Gasteiger partial charge in [-0.25, -0.2) is 9.98 Å². The van der Waals surface area contributed by atoms with Crippen molar-refractivity contribution in [2.75, 3.05) is 13.1 Å². The highest BCUT2D eigenvalue weighted by atomic mass is 127. The number of aliphatic imine (C=N–C) groups is 1. The van der Waals surface area contributed by atoms with Gasteiger partial charge in [-0.05, 0) is 26.0 Å². The highest BCUT2D eigenvalue weighted by Crippen LogP contribution is 2.08. The summed E-state index contributed by atoms with van der Waals surface area (Å²) in [6.45, 7) is 9.26. The lowest BCUT2D eigenvalue weighted by Gasteiger charge is -2.10. The van der Waals surface area contributed by atoms with Gasteiger partial charge >= 0.3 is 0 Å². The Hall–Kier alpha value is -1.77. The van der Waals surface area contributed by atoms with Crippen LogP contribution < -0.4 is 10.6 Å². The Bertz CT molecular complexity index is 601. The Kier molecular flexibility index (Phi) is 8.46. The van der Waals surface area contributed by atoms with Crippen LogP contribution in [-0.4, -0.2) is 24.0 Å². The molecular weight excluding hydrogens is 407 g/mol. The first-order valence-electron chi connectivity index (χ1n) is 7.27. The van der Waals surface area contributed by atoms with Gasteiger partial charge < -0.3 is 19.5 Å². The van der Waals surface area contributed by atoms with Crippen LogP contribution in [0.5, 0.6) is 0 Å². The molecule has 0 amide bonds. The van der Waals surface area contributed by atoms with Crippen molar-refractivity contribution in [3.05, 3.63) is 54.2 Å². The number of rotatable bonds is 7. The van der Waals surface area contributed by atoms with Crippen LogP contribution in [-0.2, 0) is 13.0 Å². The van der Waals surface area contributed by atoms with Gasteiger partial charge in [-0.3, -0.25) is 0 Å². The van der Waals surface area contributed by atoms with Crippen molar-refractivity contribution in [1.82, 2.24) is 15.6 Å². The molecule has 2 aromatic rings. The molecular formula is C16H23IN4O2. The monoisotopic (exact) mass is 430 g/mol. The second-order valence-corrected chi connectivity index (χ2v) is 4.84. The molecule has 0 fully saturated rings. The zero-order valence-corrected chi connectivity index (χ0v) is 15.8. The first-order chi connectivity index (χ1) is 10.7. The molecule has 2 aromatic heterocycles. The average molecular weight is 430 g/mol. The third kappa shape index (κ3) is 6.47. The largest absolute Gasteiger partial charge is 0.469 e. The van der Waals surface area contributed by atoms with Crippen LogP contribution in [0.15, 0.2) is 44.9 Å². The number of guanidine groups is 1. The van der Waals surface area contributed by atoms with E-state index in [9.17, 15) is 0 Å². The van der Waals surface area contributed by atoms with Crippen LogP contribution in [0.4, 0.5) is 0 Å². The number of hydrogen-bond donors (Lipinski definition) is 2. The smallest absolute Gasteiger partial charge is 0.216 e.